The monoisotopic (exact) mass is 312 g/mol. The number of amides is 1. The van der Waals surface area contributed by atoms with Gasteiger partial charge in [-0.2, -0.15) is 0 Å². The Morgan fingerprint density at radius 1 is 1.22 bits per heavy atom. The summed E-state index contributed by atoms with van der Waals surface area (Å²) in [5.74, 6) is 1.26. The van der Waals surface area contributed by atoms with E-state index in [2.05, 4.69) is 0 Å². The van der Waals surface area contributed by atoms with Gasteiger partial charge in [0.1, 0.15) is 24.7 Å². The van der Waals surface area contributed by atoms with Gasteiger partial charge in [0.2, 0.25) is 5.91 Å². The Morgan fingerprint density at radius 2 is 2.04 bits per heavy atom. The number of carbonyl (C=O) groups excluding carboxylic acids is 1. The maximum absolute atomic E-state index is 11.1. The van der Waals surface area contributed by atoms with Crippen molar-refractivity contribution >= 4 is 5.91 Å². The molecule has 0 radical (unpaired) electrons. The molecule has 1 heterocycles. The van der Waals surface area contributed by atoms with E-state index in [1.807, 2.05) is 53.4 Å². The highest BCUT2D eigenvalue weighted by Gasteiger charge is 2.17. The van der Waals surface area contributed by atoms with Crippen LogP contribution in [-0.2, 0) is 17.9 Å². The molecule has 0 saturated heterocycles. The van der Waals surface area contributed by atoms with E-state index in [9.17, 15) is 4.79 Å². The lowest BCUT2D eigenvalue weighted by molar-refractivity contribution is -0.119. The maximum atomic E-state index is 11.1. The molecule has 5 nitrogen and oxygen atoms in total. The second-order valence-corrected chi connectivity index (χ2v) is 5.57. The number of benzene rings is 2. The largest absolute Gasteiger partial charge is 0.492 e. The van der Waals surface area contributed by atoms with E-state index >= 15 is 0 Å². The van der Waals surface area contributed by atoms with Crippen molar-refractivity contribution in [3.63, 3.8) is 0 Å². The summed E-state index contributed by atoms with van der Waals surface area (Å²) < 4.78 is 11.6. The molecule has 0 spiro atoms. The molecule has 1 amide bonds. The molecule has 1 aliphatic heterocycles. The highest BCUT2D eigenvalue weighted by Crippen LogP contribution is 2.28. The summed E-state index contributed by atoms with van der Waals surface area (Å²) >= 11 is 0. The zero-order valence-electron chi connectivity index (χ0n) is 12.9. The highest BCUT2D eigenvalue weighted by atomic mass is 16.5. The van der Waals surface area contributed by atoms with Gasteiger partial charge >= 0.3 is 0 Å². The van der Waals surface area contributed by atoms with Crippen LogP contribution < -0.4 is 15.2 Å². The van der Waals surface area contributed by atoms with Gasteiger partial charge < -0.3 is 15.2 Å². The minimum Gasteiger partial charge on any atom is -0.492 e. The molecule has 5 heteroatoms. The van der Waals surface area contributed by atoms with Gasteiger partial charge in [-0.1, -0.05) is 36.4 Å². The molecule has 2 aromatic rings. The minimum atomic E-state index is -0.323. The number of carbonyl (C=O) groups is 1. The van der Waals surface area contributed by atoms with Crippen molar-refractivity contribution in [3.8, 4) is 11.5 Å². The lowest BCUT2D eigenvalue weighted by Crippen LogP contribution is -2.34. The van der Waals surface area contributed by atoms with Gasteiger partial charge in [-0.05, 0) is 11.6 Å². The second kappa shape index (κ2) is 7.15. The van der Waals surface area contributed by atoms with E-state index in [1.54, 1.807) is 0 Å². The van der Waals surface area contributed by atoms with Crippen LogP contribution in [0.2, 0.25) is 0 Å². The van der Waals surface area contributed by atoms with Gasteiger partial charge in [0, 0.05) is 24.7 Å². The number of hydrogen-bond acceptors (Lipinski definition) is 4. The summed E-state index contributed by atoms with van der Waals surface area (Å²) in [5, 5.41) is 0. The van der Waals surface area contributed by atoms with Crippen molar-refractivity contribution in [1.29, 1.82) is 0 Å². The van der Waals surface area contributed by atoms with Gasteiger partial charge in [0.15, 0.2) is 0 Å². The molecule has 1 aliphatic rings. The summed E-state index contributed by atoms with van der Waals surface area (Å²) in [6, 6.07) is 15.8. The number of ether oxygens (including phenoxy) is 2. The van der Waals surface area contributed by atoms with E-state index in [4.69, 9.17) is 15.2 Å². The average molecular weight is 312 g/mol. The molecule has 0 bridgehead atoms. The van der Waals surface area contributed by atoms with Crippen LogP contribution in [0.15, 0.2) is 48.5 Å². The van der Waals surface area contributed by atoms with Crippen molar-refractivity contribution in [2.24, 2.45) is 5.73 Å². The number of hydrogen-bond donors (Lipinski definition) is 1. The zero-order chi connectivity index (χ0) is 16.1. The Balaban J connectivity index is 1.67. The van der Waals surface area contributed by atoms with Crippen molar-refractivity contribution < 1.29 is 14.3 Å². The number of rotatable bonds is 5. The third-order valence-corrected chi connectivity index (χ3v) is 3.73. The quantitative estimate of drug-likeness (QED) is 0.916. The van der Waals surface area contributed by atoms with Gasteiger partial charge in [-0.3, -0.25) is 9.69 Å². The first-order chi connectivity index (χ1) is 11.2. The Labute approximate surface area is 135 Å². The summed E-state index contributed by atoms with van der Waals surface area (Å²) in [4.78, 5) is 13.1. The number of nitrogens with zero attached hydrogens (tertiary/aromatic N) is 1. The first-order valence-electron chi connectivity index (χ1n) is 7.64. The number of nitrogens with two attached hydrogens (primary N) is 1. The standard InChI is InChI=1S/C18H20N2O3/c19-18(21)12-20-8-9-22-17-10-16(7-6-15(17)11-20)23-13-14-4-2-1-3-5-14/h1-7,10H,8-9,11-13H2,(H2,19,21). The first-order valence-corrected chi connectivity index (χ1v) is 7.64. The third-order valence-electron chi connectivity index (χ3n) is 3.73. The number of fused-ring (bicyclic) bond motifs is 1. The summed E-state index contributed by atoms with van der Waals surface area (Å²) in [6.45, 7) is 2.62. The normalized spacial score (nSPS) is 14.4. The fourth-order valence-corrected chi connectivity index (χ4v) is 2.59. The molecule has 0 fully saturated rings. The Hall–Kier alpha value is -2.53. The van der Waals surface area contributed by atoms with E-state index in [0.29, 0.717) is 26.3 Å². The molecule has 0 aliphatic carbocycles. The molecule has 0 saturated carbocycles. The predicted molar refractivity (Wildman–Crippen MR) is 87.2 cm³/mol. The maximum Gasteiger partial charge on any atom is 0.231 e. The SMILES string of the molecule is NC(=O)CN1CCOc2cc(OCc3ccccc3)ccc2C1. The van der Waals surface area contributed by atoms with Gasteiger partial charge in [0.25, 0.3) is 0 Å². The Morgan fingerprint density at radius 3 is 2.83 bits per heavy atom. The fourth-order valence-electron chi connectivity index (χ4n) is 2.59. The van der Waals surface area contributed by atoms with Crippen molar-refractivity contribution in [3.05, 3.63) is 59.7 Å². The lowest BCUT2D eigenvalue weighted by Gasteiger charge is -2.16. The van der Waals surface area contributed by atoms with Crippen LogP contribution in [-0.4, -0.2) is 30.5 Å². The molecular formula is C18H20N2O3. The topological polar surface area (TPSA) is 64.8 Å². The van der Waals surface area contributed by atoms with Crippen LogP contribution in [0.5, 0.6) is 11.5 Å². The van der Waals surface area contributed by atoms with Gasteiger partial charge in [0.05, 0.1) is 6.54 Å². The molecule has 0 atom stereocenters. The molecule has 3 rings (SSSR count). The molecule has 23 heavy (non-hydrogen) atoms. The Bertz CT molecular complexity index is 673. The minimum absolute atomic E-state index is 0.245. The van der Waals surface area contributed by atoms with Crippen molar-refractivity contribution in [2.75, 3.05) is 19.7 Å². The van der Waals surface area contributed by atoms with E-state index in [-0.39, 0.29) is 12.5 Å². The van der Waals surface area contributed by atoms with Crippen LogP contribution >= 0.6 is 0 Å². The lowest BCUT2D eigenvalue weighted by atomic mass is 10.2. The van der Waals surface area contributed by atoms with Crippen molar-refractivity contribution in [2.45, 2.75) is 13.2 Å². The van der Waals surface area contributed by atoms with Crippen LogP contribution in [0, 0.1) is 0 Å². The van der Waals surface area contributed by atoms with Crippen LogP contribution in [0.25, 0.3) is 0 Å². The fraction of sp³-hybridized carbons (Fsp3) is 0.278. The average Bonchev–Trinajstić information content (AvgIpc) is 2.74. The molecular weight excluding hydrogens is 292 g/mol. The second-order valence-electron chi connectivity index (χ2n) is 5.57. The third kappa shape index (κ3) is 4.23. The zero-order valence-corrected chi connectivity index (χ0v) is 12.9. The molecule has 2 N–H and O–H groups in total. The van der Waals surface area contributed by atoms with Crippen molar-refractivity contribution in [1.82, 2.24) is 4.90 Å². The van der Waals surface area contributed by atoms with E-state index in [0.717, 1.165) is 22.6 Å². The smallest absolute Gasteiger partial charge is 0.231 e. The summed E-state index contributed by atoms with van der Waals surface area (Å²) in [6.07, 6.45) is 0. The molecule has 2 aromatic carbocycles. The summed E-state index contributed by atoms with van der Waals surface area (Å²) in [5.41, 5.74) is 7.43. The van der Waals surface area contributed by atoms with E-state index < -0.39 is 0 Å². The van der Waals surface area contributed by atoms with Crippen LogP contribution in [0.3, 0.4) is 0 Å². The van der Waals surface area contributed by atoms with Crippen LogP contribution in [0.1, 0.15) is 11.1 Å². The highest BCUT2D eigenvalue weighted by molar-refractivity contribution is 5.75. The molecule has 120 valence electrons. The van der Waals surface area contributed by atoms with Gasteiger partial charge in [-0.15, -0.1) is 0 Å². The summed E-state index contributed by atoms with van der Waals surface area (Å²) in [7, 11) is 0. The Kier molecular flexibility index (Phi) is 4.78. The number of primary amides is 1. The molecule has 0 aromatic heterocycles. The van der Waals surface area contributed by atoms with E-state index in [1.165, 1.54) is 0 Å². The predicted octanol–water partition coefficient (Wildman–Crippen LogP) is 1.95. The molecule has 0 unspecified atom stereocenters. The first kappa shape index (κ1) is 15.4. The van der Waals surface area contributed by atoms with Gasteiger partial charge in [-0.25, -0.2) is 0 Å². The van der Waals surface area contributed by atoms with Crippen LogP contribution in [0.4, 0.5) is 0 Å².